The van der Waals surface area contributed by atoms with E-state index in [1.807, 2.05) is 30.4 Å². The average Bonchev–Trinajstić information content (AvgIpc) is 3.23. The summed E-state index contributed by atoms with van der Waals surface area (Å²) < 4.78 is 32.5. The van der Waals surface area contributed by atoms with Gasteiger partial charge in [-0.2, -0.15) is 0 Å². The highest BCUT2D eigenvalue weighted by atomic mass is 31.2. The zero-order valence-corrected chi connectivity index (χ0v) is 37.1. The maximum absolute atomic E-state index is 12.6. The lowest BCUT2D eigenvalue weighted by atomic mass is 10.2. The summed E-state index contributed by atoms with van der Waals surface area (Å²) in [4.78, 5) is 34.8. The quantitative estimate of drug-likeness (QED) is 0.0238. The third-order valence-corrected chi connectivity index (χ3v) is 8.81. The SMILES string of the molecule is CC/C=C\C/C=C\C/C=C\C/C=C\C=C/C(O)C/C=C\CCC(=O)OC[C@H](COP(=O)(O)OCCN)OC(=O)CC/C=C\C/C=C\C/C=C\C/C=C\C/C=C\C/C=C\CC. The predicted molar refractivity (Wildman–Crippen MR) is 248 cm³/mol. The molecule has 11 heteroatoms. The first-order valence-corrected chi connectivity index (χ1v) is 22.9. The van der Waals surface area contributed by atoms with Gasteiger partial charge in [0.05, 0.1) is 19.3 Å². The lowest BCUT2D eigenvalue weighted by Crippen LogP contribution is -2.29. The maximum atomic E-state index is 12.6. The van der Waals surface area contributed by atoms with Crippen LogP contribution in [0.5, 0.6) is 0 Å². The molecule has 0 radical (unpaired) electrons. The Bertz CT molecular complexity index is 1500. The molecule has 60 heavy (non-hydrogen) atoms. The third-order valence-electron chi connectivity index (χ3n) is 7.83. The van der Waals surface area contributed by atoms with Crippen molar-refractivity contribution in [3.05, 3.63) is 146 Å². The molecule has 0 heterocycles. The molecule has 0 aliphatic heterocycles. The van der Waals surface area contributed by atoms with Crippen molar-refractivity contribution in [1.82, 2.24) is 0 Å². The Labute approximate surface area is 361 Å². The van der Waals surface area contributed by atoms with E-state index in [4.69, 9.17) is 24.3 Å². The van der Waals surface area contributed by atoms with E-state index in [-0.39, 0.29) is 32.6 Å². The van der Waals surface area contributed by atoms with E-state index in [1.165, 1.54) is 0 Å². The Morgan fingerprint density at radius 3 is 1.48 bits per heavy atom. The monoisotopic (exact) mass is 852 g/mol. The normalized spacial score (nSPS) is 15.2. The highest BCUT2D eigenvalue weighted by Gasteiger charge is 2.25. The number of phosphoric acid groups is 1. The molecule has 0 aliphatic carbocycles. The van der Waals surface area contributed by atoms with Gasteiger partial charge in [0.2, 0.25) is 0 Å². The second-order valence-electron chi connectivity index (χ2n) is 13.3. The van der Waals surface area contributed by atoms with Crippen molar-refractivity contribution in [1.29, 1.82) is 0 Å². The number of phosphoric ester groups is 1. The average molecular weight is 852 g/mol. The molecule has 0 aromatic heterocycles. The van der Waals surface area contributed by atoms with Crippen LogP contribution in [0.2, 0.25) is 0 Å². The first-order chi connectivity index (χ1) is 29.2. The molecule has 0 aromatic rings. The number of esters is 2. The smallest absolute Gasteiger partial charge is 0.462 e. The maximum Gasteiger partial charge on any atom is 0.472 e. The molecule has 0 bridgehead atoms. The van der Waals surface area contributed by atoms with Crippen LogP contribution in [0.1, 0.15) is 110 Å². The fourth-order valence-corrected chi connectivity index (χ4v) is 5.47. The van der Waals surface area contributed by atoms with E-state index < -0.39 is 38.6 Å². The Kier molecular flexibility index (Phi) is 40.0. The van der Waals surface area contributed by atoms with Gasteiger partial charge in [-0.05, 0) is 83.5 Å². The Morgan fingerprint density at radius 1 is 0.567 bits per heavy atom. The first kappa shape index (κ1) is 55.9. The number of carbonyl (C=O) groups is 2. The number of aliphatic hydroxyl groups excluding tert-OH is 1. The number of rotatable bonds is 37. The Hall–Kier alpha value is -4.15. The highest BCUT2D eigenvalue weighted by molar-refractivity contribution is 7.47. The topological polar surface area (TPSA) is 155 Å². The van der Waals surface area contributed by atoms with Crippen LogP contribution in [0, 0.1) is 0 Å². The van der Waals surface area contributed by atoms with Crippen LogP contribution in [0.4, 0.5) is 0 Å². The third kappa shape index (κ3) is 42.0. The van der Waals surface area contributed by atoms with Gasteiger partial charge < -0.3 is 25.2 Å². The van der Waals surface area contributed by atoms with E-state index in [9.17, 15) is 24.2 Å². The molecule has 4 N–H and O–H groups in total. The van der Waals surface area contributed by atoms with E-state index in [2.05, 4.69) is 111 Å². The van der Waals surface area contributed by atoms with Gasteiger partial charge in [0, 0.05) is 19.4 Å². The largest absolute Gasteiger partial charge is 0.472 e. The van der Waals surface area contributed by atoms with Crippen LogP contribution >= 0.6 is 7.82 Å². The summed E-state index contributed by atoms with van der Waals surface area (Å²) in [5, 5.41) is 10.2. The minimum atomic E-state index is -4.45. The zero-order chi connectivity index (χ0) is 44.0. The number of aliphatic hydroxyl groups is 1. The molecule has 0 fully saturated rings. The fourth-order valence-electron chi connectivity index (χ4n) is 4.71. The van der Waals surface area contributed by atoms with Gasteiger partial charge in [0.25, 0.3) is 0 Å². The molecule has 0 aliphatic rings. The predicted octanol–water partition coefficient (Wildman–Crippen LogP) is 11.5. The molecule has 0 spiro atoms. The van der Waals surface area contributed by atoms with Gasteiger partial charge in [-0.25, -0.2) is 4.57 Å². The van der Waals surface area contributed by atoms with Crippen LogP contribution in [0.3, 0.4) is 0 Å². The lowest BCUT2D eigenvalue weighted by Gasteiger charge is -2.19. The Morgan fingerprint density at radius 2 is 1.00 bits per heavy atom. The van der Waals surface area contributed by atoms with Gasteiger partial charge in [-0.15, -0.1) is 0 Å². The minimum absolute atomic E-state index is 0.00860. The number of carbonyl (C=O) groups excluding carboxylic acids is 2. The van der Waals surface area contributed by atoms with Crippen molar-refractivity contribution in [2.24, 2.45) is 5.73 Å². The summed E-state index contributed by atoms with van der Waals surface area (Å²) in [6.07, 6.45) is 57.9. The first-order valence-electron chi connectivity index (χ1n) is 21.4. The van der Waals surface area contributed by atoms with Crippen LogP contribution in [-0.2, 0) is 32.7 Å². The molecule has 0 aromatic carbocycles. The minimum Gasteiger partial charge on any atom is -0.462 e. The lowest BCUT2D eigenvalue weighted by molar-refractivity contribution is -0.161. The summed E-state index contributed by atoms with van der Waals surface area (Å²) in [7, 11) is -4.45. The number of hydrogen-bond acceptors (Lipinski definition) is 9. The van der Waals surface area contributed by atoms with Crippen molar-refractivity contribution in [3.8, 4) is 0 Å². The molecule has 0 saturated carbocycles. The summed E-state index contributed by atoms with van der Waals surface area (Å²) in [6, 6.07) is 0. The summed E-state index contributed by atoms with van der Waals surface area (Å²) in [5.74, 6) is -1.13. The fraction of sp³-hybridized carbons (Fsp3) is 0.469. The van der Waals surface area contributed by atoms with Crippen molar-refractivity contribution in [2.45, 2.75) is 122 Å². The molecule has 334 valence electrons. The molecule has 10 nitrogen and oxygen atoms in total. The number of allylic oxidation sites excluding steroid dienone is 22. The molecule has 2 unspecified atom stereocenters. The molecule has 0 rings (SSSR count). The number of ether oxygens (including phenoxy) is 2. The van der Waals surface area contributed by atoms with Crippen molar-refractivity contribution in [3.63, 3.8) is 0 Å². The van der Waals surface area contributed by atoms with Gasteiger partial charge in [-0.3, -0.25) is 18.6 Å². The molecule has 0 amide bonds. The van der Waals surface area contributed by atoms with Gasteiger partial charge in [0.15, 0.2) is 6.10 Å². The van der Waals surface area contributed by atoms with E-state index in [0.29, 0.717) is 19.3 Å². The molecular formula is C49H74NO9P. The number of nitrogens with two attached hydrogens (primary N) is 1. The second-order valence-corrected chi connectivity index (χ2v) is 14.7. The van der Waals surface area contributed by atoms with Crippen molar-refractivity contribution >= 4 is 19.8 Å². The van der Waals surface area contributed by atoms with Crippen molar-refractivity contribution in [2.75, 3.05) is 26.4 Å². The number of hydrogen-bond donors (Lipinski definition) is 3. The summed E-state index contributed by atoms with van der Waals surface area (Å²) in [6.45, 7) is 3.17. The van der Waals surface area contributed by atoms with Gasteiger partial charge in [0.1, 0.15) is 6.61 Å². The van der Waals surface area contributed by atoms with Gasteiger partial charge >= 0.3 is 19.8 Å². The summed E-state index contributed by atoms with van der Waals surface area (Å²) >= 11 is 0. The highest BCUT2D eigenvalue weighted by Crippen LogP contribution is 2.43. The second kappa shape index (κ2) is 43.0. The molecular weight excluding hydrogens is 778 g/mol. The molecule has 0 saturated heterocycles. The van der Waals surface area contributed by atoms with Crippen molar-refractivity contribution < 1.29 is 42.7 Å². The van der Waals surface area contributed by atoms with Crippen LogP contribution in [0.15, 0.2) is 146 Å². The Balaban J connectivity index is 4.53. The van der Waals surface area contributed by atoms with E-state index in [0.717, 1.165) is 64.2 Å². The van der Waals surface area contributed by atoms with Gasteiger partial charge in [-0.1, -0.05) is 160 Å². The van der Waals surface area contributed by atoms with E-state index >= 15 is 0 Å². The standard InChI is InChI=1S/C49H74NO9P/c1-3-5-7-9-11-13-15-17-18-19-20-21-22-24-26-28-30-32-36-41-49(53)59-47(45-58-60(54,55)57-43-42-50)44-56-48(52)40-37-33-35-39-46(51)38-34-31-29-27-25-23-16-14-12-10-8-6-4-2/h5-8,11-14,17-18,20-21,23-26,29-35,38,46-47,51H,3-4,9-10,15-16,19,22,27-28,36-37,39-45,50H2,1-2H3,(H,54,55)/b7-5-,8-6-,13-11-,14-12-,18-17-,21-20-,25-23-,26-24-,31-29-,32-30-,35-33-,38-34-/t46?,47-/m1/s1. The van der Waals surface area contributed by atoms with Crippen LogP contribution in [-0.4, -0.2) is 60.5 Å². The molecule has 3 atom stereocenters. The zero-order valence-electron chi connectivity index (χ0n) is 36.2. The summed E-state index contributed by atoms with van der Waals surface area (Å²) in [5.41, 5.74) is 5.33. The van der Waals surface area contributed by atoms with Crippen LogP contribution < -0.4 is 5.73 Å². The van der Waals surface area contributed by atoms with Crippen LogP contribution in [0.25, 0.3) is 0 Å². The van der Waals surface area contributed by atoms with E-state index in [1.54, 1.807) is 18.2 Å².